The third-order valence-corrected chi connectivity index (χ3v) is 4.29. The van der Waals surface area contributed by atoms with Crippen LogP contribution in [-0.4, -0.2) is 20.4 Å². The van der Waals surface area contributed by atoms with Gasteiger partial charge in [0.1, 0.15) is 11.4 Å². The Morgan fingerprint density at radius 3 is 2.40 bits per heavy atom. The highest BCUT2D eigenvalue weighted by Gasteiger charge is 2.30. The van der Waals surface area contributed by atoms with E-state index in [9.17, 15) is 32.3 Å². The van der Waals surface area contributed by atoms with Crippen molar-refractivity contribution in [1.29, 1.82) is 0 Å². The predicted molar refractivity (Wildman–Crippen MR) is 102 cm³/mol. The zero-order valence-electron chi connectivity index (χ0n) is 15.5. The molecule has 156 valence electrons. The summed E-state index contributed by atoms with van der Waals surface area (Å²) in [5, 5.41) is 10.5. The fraction of sp³-hybridized carbons (Fsp3) is 0.150. The minimum atomic E-state index is -4.57. The van der Waals surface area contributed by atoms with Gasteiger partial charge in [-0.05, 0) is 48.9 Å². The van der Waals surface area contributed by atoms with Crippen LogP contribution < -0.4 is 11.2 Å². The van der Waals surface area contributed by atoms with Gasteiger partial charge in [0, 0.05) is 0 Å². The second-order valence-corrected chi connectivity index (χ2v) is 6.37. The van der Waals surface area contributed by atoms with Crippen LogP contribution in [0.25, 0.3) is 5.69 Å². The van der Waals surface area contributed by atoms with Crippen LogP contribution in [-0.2, 0) is 12.7 Å². The molecule has 10 heteroatoms. The van der Waals surface area contributed by atoms with Gasteiger partial charge in [0.15, 0.2) is 0 Å². The van der Waals surface area contributed by atoms with Gasteiger partial charge in [0.2, 0.25) is 5.88 Å². The fourth-order valence-corrected chi connectivity index (χ4v) is 2.81. The van der Waals surface area contributed by atoms with Gasteiger partial charge in [-0.1, -0.05) is 12.1 Å². The molecule has 1 aromatic heterocycles. The number of aromatic amines is 1. The van der Waals surface area contributed by atoms with Gasteiger partial charge in [-0.3, -0.25) is 14.8 Å². The molecular weight excluding hydrogens is 406 g/mol. The van der Waals surface area contributed by atoms with Crippen molar-refractivity contribution in [2.75, 3.05) is 0 Å². The van der Waals surface area contributed by atoms with E-state index in [1.54, 1.807) is 6.07 Å². The maximum atomic E-state index is 13.3. The highest BCUT2D eigenvalue weighted by Crippen LogP contribution is 2.30. The van der Waals surface area contributed by atoms with Crippen LogP contribution >= 0.6 is 0 Å². The van der Waals surface area contributed by atoms with Crippen molar-refractivity contribution < 1.29 is 22.7 Å². The Labute approximate surface area is 166 Å². The van der Waals surface area contributed by atoms with Crippen molar-refractivity contribution in [2.24, 2.45) is 4.99 Å². The zero-order chi connectivity index (χ0) is 22.1. The molecule has 0 aliphatic carbocycles. The summed E-state index contributed by atoms with van der Waals surface area (Å²) in [6.45, 7) is 1.41. The highest BCUT2D eigenvalue weighted by molar-refractivity contribution is 6.00. The molecule has 1 heterocycles. The number of nitrogens with zero attached hydrogens (tertiary/aromatic N) is 2. The lowest BCUT2D eigenvalue weighted by molar-refractivity contribution is -0.137. The fourth-order valence-electron chi connectivity index (χ4n) is 2.81. The molecule has 2 N–H and O–H groups in total. The monoisotopic (exact) mass is 421 g/mol. The quantitative estimate of drug-likeness (QED) is 0.500. The number of halogens is 4. The number of H-pyrrole nitrogens is 1. The van der Waals surface area contributed by atoms with Gasteiger partial charge in [0.25, 0.3) is 5.56 Å². The van der Waals surface area contributed by atoms with E-state index in [1.165, 1.54) is 25.1 Å². The molecule has 0 saturated carbocycles. The van der Waals surface area contributed by atoms with Crippen molar-refractivity contribution in [3.63, 3.8) is 0 Å². The van der Waals surface area contributed by atoms with Gasteiger partial charge in [-0.2, -0.15) is 13.2 Å². The Bertz CT molecular complexity index is 1230. The molecular formula is C20H15F4N3O3. The van der Waals surface area contributed by atoms with E-state index in [-0.39, 0.29) is 23.5 Å². The molecule has 0 unspecified atom stereocenters. The van der Waals surface area contributed by atoms with Gasteiger partial charge in [-0.25, -0.2) is 13.8 Å². The van der Waals surface area contributed by atoms with E-state index in [4.69, 9.17) is 0 Å². The van der Waals surface area contributed by atoms with E-state index >= 15 is 0 Å². The molecule has 2 aromatic carbocycles. The molecule has 0 fully saturated rings. The summed E-state index contributed by atoms with van der Waals surface area (Å²) in [4.78, 5) is 30.5. The number of rotatable bonds is 4. The lowest BCUT2D eigenvalue weighted by Crippen LogP contribution is -2.32. The Morgan fingerprint density at radius 2 is 1.80 bits per heavy atom. The summed E-state index contributed by atoms with van der Waals surface area (Å²) in [7, 11) is 0. The third-order valence-electron chi connectivity index (χ3n) is 4.29. The van der Waals surface area contributed by atoms with Crippen molar-refractivity contribution in [3.8, 4) is 11.6 Å². The molecule has 0 spiro atoms. The first-order valence-corrected chi connectivity index (χ1v) is 8.59. The third kappa shape index (κ3) is 4.32. The van der Waals surface area contributed by atoms with E-state index in [0.29, 0.717) is 10.1 Å². The maximum absolute atomic E-state index is 13.3. The summed E-state index contributed by atoms with van der Waals surface area (Å²) >= 11 is 0. The largest absolute Gasteiger partial charge is 0.493 e. The molecule has 6 nitrogen and oxygen atoms in total. The average Bonchev–Trinajstić information content (AvgIpc) is 2.66. The van der Waals surface area contributed by atoms with E-state index in [2.05, 4.69) is 4.99 Å². The van der Waals surface area contributed by atoms with Gasteiger partial charge in [-0.15, -0.1) is 0 Å². The topological polar surface area (TPSA) is 87.4 Å². The smallest absolute Gasteiger partial charge is 0.416 e. The predicted octanol–water partition coefficient (Wildman–Crippen LogP) is 3.40. The van der Waals surface area contributed by atoms with Crippen LogP contribution in [0.1, 0.15) is 23.6 Å². The van der Waals surface area contributed by atoms with Gasteiger partial charge < -0.3 is 5.11 Å². The van der Waals surface area contributed by atoms with Gasteiger partial charge >= 0.3 is 11.9 Å². The van der Waals surface area contributed by atoms with E-state index in [1.807, 2.05) is 4.98 Å². The molecule has 0 saturated heterocycles. The number of aliphatic imine (C=N–C) groups is 1. The van der Waals surface area contributed by atoms with Crippen molar-refractivity contribution in [1.82, 2.24) is 9.55 Å². The number of hydrogen-bond acceptors (Lipinski definition) is 4. The van der Waals surface area contributed by atoms with Crippen LogP contribution in [0.5, 0.6) is 5.88 Å². The summed E-state index contributed by atoms with van der Waals surface area (Å²) in [6.07, 6.45) is -4.57. The lowest BCUT2D eigenvalue weighted by atomic mass is 10.1. The molecule has 3 rings (SSSR count). The van der Waals surface area contributed by atoms with E-state index in [0.717, 1.165) is 24.3 Å². The van der Waals surface area contributed by atoms with Crippen LogP contribution in [0.2, 0.25) is 0 Å². The van der Waals surface area contributed by atoms with E-state index < -0.39 is 34.7 Å². The molecule has 0 aliphatic rings. The van der Waals surface area contributed by atoms with Crippen LogP contribution in [0, 0.1) is 5.82 Å². The maximum Gasteiger partial charge on any atom is 0.416 e. The Kier molecular flexibility index (Phi) is 5.59. The number of aromatic hydroxyl groups is 1. The number of benzene rings is 2. The summed E-state index contributed by atoms with van der Waals surface area (Å²) in [5.74, 6) is -1.24. The van der Waals surface area contributed by atoms with Crippen LogP contribution in [0.3, 0.4) is 0 Å². The normalized spacial score (nSPS) is 12.2. The highest BCUT2D eigenvalue weighted by atomic mass is 19.4. The minimum Gasteiger partial charge on any atom is -0.493 e. The van der Waals surface area contributed by atoms with Crippen LogP contribution in [0.4, 0.5) is 17.6 Å². The first-order chi connectivity index (χ1) is 14.1. The molecule has 0 aliphatic heterocycles. The van der Waals surface area contributed by atoms with Crippen molar-refractivity contribution in [3.05, 3.63) is 91.9 Å². The van der Waals surface area contributed by atoms with Crippen molar-refractivity contribution >= 4 is 5.71 Å². The summed E-state index contributed by atoms with van der Waals surface area (Å²) in [6, 6.07) is 9.10. The number of aromatic nitrogens is 2. The lowest BCUT2D eigenvalue weighted by Gasteiger charge is -2.13. The molecule has 0 amide bonds. The first-order valence-electron chi connectivity index (χ1n) is 8.59. The summed E-state index contributed by atoms with van der Waals surface area (Å²) < 4.78 is 52.2. The molecule has 3 aromatic rings. The Hall–Kier alpha value is -3.69. The molecule has 30 heavy (non-hydrogen) atoms. The van der Waals surface area contributed by atoms with Crippen LogP contribution in [0.15, 0.2) is 63.1 Å². The second kappa shape index (κ2) is 7.97. The second-order valence-electron chi connectivity index (χ2n) is 6.37. The van der Waals surface area contributed by atoms with Gasteiger partial charge in [0.05, 0.1) is 23.5 Å². The number of alkyl halides is 3. The number of hydrogen-bond donors (Lipinski definition) is 2. The average molecular weight is 421 g/mol. The minimum absolute atomic E-state index is 0.00186. The SMILES string of the molecule is CC(=NCc1cccc(F)c1)c1c(O)n(-c2ccc(C(F)(F)F)cc2)c(=O)[nH]c1=O. The summed E-state index contributed by atoms with van der Waals surface area (Å²) in [5.41, 5.74) is -2.72. The number of nitrogens with one attached hydrogen (secondary N) is 1. The van der Waals surface area contributed by atoms with Crippen molar-refractivity contribution in [2.45, 2.75) is 19.6 Å². The molecule has 0 radical (unpaired) electrons. The zero-order valence-corrected chi connectivity index (χ0v) is 15.5. The molecule has 0 bridgehead atoms. The Morgan fingerprint density at radius 1 is 1.13 bits per heavy atom. The molecule has 0 atom stereocenters. The standard InChI is InChI=1S/C20H15F4N3O3/c1-11(25-10-12-3-2-4-14(21)9-12)16-17(28)26-19(30)27(18(16)29)15-7-5-13(6-8-15)20(22,23)24/h2-9,29H,10H2,1H3,(H,26,28,30). The Balaban J connectivity index is 2.04. The first kappa shape index (κ1) is 21.0.